The Kier molecular flexibility index (Phi) is 5.63. The molecule has 0 aliphatic carbocycles. The fraction of sp³-hybridized carbons (Fsp3) is 0.154. The Morgan fingerprint density at radius 1 is 1.06 bits per heavy atom. The predicted molar refractivity (Wildman–Crippen MR) is 134 cm³/mol. The van der Waals surface area contributed by atoms with Gasteiger partial charge in [0.05, 0.1) is 28.6 Å². The molecule has 0 unspecified atom stereocenters. The molecule has 1 amide bonds. The van der Waals surface area contributed by atoms with E-state index in [0.717, 1.165) is 22.7 Å². The second-order valence-electron chi connectivity index (χ2n) is 8.88. The average Bonchev–Trinajstić information content (AvgIpc) is 3.29. The van der Waals surface area contributed by atoms with Gasteiger partial charge in [0.15, 0.2) is 11.5 Å². The van der Waals surface area contributed by atoms with Crippen molar-refractivity contribution in [3.8, 4) is 22.6 Å². The first-order chi connectivity index (χ1) is 17.2. The molecule has 0 aliphatic heterocycles. The lowest BCUT2D eigenvalue weighted by Gasteiger charge is -2.26. The number of nitrogen functional groups attached to an aromatic ring is 1. The Hall–Kier alpha value is -4.73. The van der Waals surface area contributed by atoms with Crippen molar-refractivity contribution in [2.45, 2.75) is 19.4 Å². The zero-order valence-electron chi connectivity index (χ0n) is 19.9. The number of amides is 1. The number of nitrogens with two attached hydrogens (primary N) is 1. The minimum atomic E-state index is -0.923. The van der Waals surface area contributed by atoms with Gasteiger partial charge in [-0.05, 0) is 50.2 Å². The third-order valence-corrected chi connectivity index (χ3v) is 5.76. The lowest BCUT2D eigenvalue weighted by Crippen LogP contribution is -2.42. The van der Waals surface area contributed by atoms with Crippen LogP contribution in [0.15, 0.2) is 67.1 Å². The molecule has 0 fully saturated rings. The molecule has 3 N–H and O–H groups in total. The Morgan fingerprint density at radius 3 is 2.61 bits per heavy atom. The van der Waals surface area contributed by atoms with E-state index in [1.165, 1.54) is 12.1 Å². The van der Waals surface area contributed by atoms with E-state index in [4.69, 9.17) is 5.73 Å². The number of aryl methyl sites for hydroxylation is 1. The number of anilines is 1. The monoisotopic (exact) mass is 482 g/mol. The molecule has 4 aromatic heterocycles. The Labute approximate surface area is 206 Å². The van der Waals surface area contributed by atoms with E-state index < -0.39 is 17.3 Å². The van der Waals surface area contributed by atoms with Crippen molar-refractivity contribution in [2.75, 3.05) is 5.73 Å². The number of halogens is 1. The zero-order valence-corrected chi connectivity index (χ0v) is 19.9. The number of pyridine rings is 2. The number of fused-ring (bicyclic) bond motifs is 1. The number of carbonyl (C=O) groups excluding carboxylic acids is 1. The summed E-state index contributed by atoms with van der Waals surface area (Å²) in [6, 6.07) is 14.1. The minimum absolute atomic E-state index is 0.0360. The highest BCUT2D eigenvalue weighted by atomic mass is 19.1. The molecule has 0 saturated heterocycles. The van der Waals surface area contributed by atoms with E-state index in [1.54, 1.807) is 44.0 Å². The van der Waals surface area contributed by atoms with Gasteiger partial charge in [-0.2, -0.15) is 5.10 Å². The van der Waals surface area contributed by atoms with Crippen LogP contribution in [0.3, 0.4) is 0 Å². The minimum Gasteiger partial charge on any atom is -0.382 e. The summed E-state index contributed by atoms with van der Waals surface area (Å²) in [7, 11) is 1.80. The van der Waals surface area contributed by atoms with Gasteiger partial charge in [0, 0.05) is 30.4 Å². The fourth-order valence-corrected chi connectivity index (χ4v) is 3.91. The van der Waals surface area contributed by atoms with Gasteiger partial charge in [-0.25, -0.2) is 14.4 Å². The third kappa shape index (κ3) is 4.36. The molecule has 180 valence electrons. The number of aromatic nitrogens is 6. The summed E-state index contributed by atoms with van der Waals surface area (Å²) in [6.45, 7) is 3.52. The third-order valence-electron chi connectivity index (χ3n) is 5.76. The smallest absolute Gasteiger partial charge is 0.274 e. The number of rotatable bonds is 5. The molecule has 36 heavy (non-hydrogen) atoms. The van der Waals surface area contributed by atoms with Gasteiger partial charge in [0.25, 0.3) is 5.91 Å². The standard InChI is InChI=1S/C26H23FN8O/c1-26(2,20-9-7-17(27)14-30-20)33-25(36)23-24(28)32-22(19-10-12-35(3)34-19)21(31-23)16-6-8-18-15(13-16)5-4-11-29-18/h4-14H,1-3H3,(H2,28,32)(H,33,36). The van der Waals surface area contributed by atoms with E-state index >= 15 is 0 Å². The predicted octanol–water partition coefficient (Wildman–Crippen LogP) is 3.87. The fourth-order valence-electron chi connectivity index (χ4n) is 3.91. The maximum absolute atomic E-state index is 13.3. The normalized spacial score (nSPS) is 11.6. The Bertz CT molecular complexity index is 1590. The number of nitrogens with zero attached hydrogens (tertiary/aromatic N) is 6. The van der Waals surface area contributed by atoms with Gasteiger partial charge >= 0.3 is 0 Å². The number of hydrogen-bond acceptors (Lipinski definition) is 7. The van der Waals surface area contributed by atoms with Gasteiger partial charge in [0.1, 0.15) is 17.2 Å². The van der Waals surface area contributed by atoms with Crippen molar-refractivity contribution in [2.24, 2.45) is 7.05 Å². The quantitative estimate of drug-likeness (QED) is 0.390. The van der Waals surface area contributed by atoms with Gasteiger partial charge in [-0.3, -0.25) is 19.4 Å². The van der Waals surface area contributed by atoms with Crippen LogP contribution >= 0.6 is 0 Å². The van der Waals surface area contributed by atoms with Crippen LogP contribution in [0.4, 0.5) is 10.2 Å². The first-order valence-electron chi connectivity index (χ1n) is 11.2. The van der Waals surface area contributed by atoms with Crippen LogP contribution in [-0.4, -0.2) is 35.6 Å². The van der Waals surface area contributed by atoms with Crippen molar-refractivity contribution in [3.63, 3.8) is 0 Å². The molecular weight excluding hydrogens is 459 g/mol. The highest BCUT2D eigenvalue weighted by molar-refractivity contribution is 5.98. The number of hydrogen-bond donors (Lipinski definition) is 2. The van der Waals surface area contributed by atoms with E-state index in [9.17, 15) is 9.18 Å². The molecule has 0 saturated carbocycles. The first kappa shape index (κ1) is 23.0. The van der Waals surface area contributed by atoms with Crippen molar-refractivity contribution < 1.29 is 9.18 Å². The van der Waals surface area contributed by atoms with Gasteiger partial charge in [-0.1, -0.05) is 12.1 Å². The highest BCUT2D eigenvalue weighted by Gasteiger charge is 2.28. The molecular formula is C26H23FN8O. The molecule has 0 radical (unpaired) electrons. The Morgan fingerprint density at radius 2 is 1.89 bits per heavy atom. The molecule has 0 bridgehead atoms. The summed E-state index contributed by atoms with van der Waals surface area (Å²) in [6.07, 6.45) is 4.62. The lowest BCUT2D eigenvalue weighted by atomic mass is 9.99. The number of nitrogens with one attached hydrogen (secondary N) is 1. The number of carbonyl (C=O) groups is 1. The molecule has 0 aliphatic rings. The molecule has 1 aromatic carbocycles. The summed E-state index contributed by atoms with van der Waals surface area (Å²) in [5.41, 5.74) is 8.80. The van der Waals surface area contributed by atoms with E-state index in [-0.39, 0.29) is 11.5 Å². The maximum atomic E-state index is 13.3. The molecule has 0 atom stereocenters. The summed E-state index contributed by atoms with van der Waals surface area (Å²) < 4.78 is 15.0. The maximum Gasteiger partial charge on any atom is 0.274 e. The molecule has 5 aromatic rings. The average molecular weight is 483 g/mol. The topological polar surface area (TPSA) is 124 Å². The van der Waals surface area contributed by atoms with Crippen molar-refractivity contribution in [1.82, 2.24) is 35.0 Å². The van der Waals surface area contributed by atoms with Crippen LogP contribution in [0.25, 0.3) is 33.5 Å². The van der Waals surface area contributed by atoms with Crippen LogP contribution in [0.1, 0.15) is 30.0 Å². The molecule has 5 rings (SSSR count). The first-order valence-corrected chi connectivity index (χ1v) is 11.2. The summed E-state index contributed by atoms with van der Waals surface area (Å²) in [4.78, 5) is 31.0. The molecule has 10 heteroatoms. The van der Waals surface area contributed by atoms with E-state index in [1.807, 2.05) is 30.3 Å². The Balaban J connectivity index is 1.60. The van der Waals surface area contributed by atoms with Crippen molar-refractivity contribution >= 4 is 22.6 Å². The van der Waals surface area contributed by atoms with Crippen LogP contribution in [0.2, 0.25) is 0 Å². The summed E-state index contributed by atoms with van der Waals surface area (Å²) in [5.74, 6) is -1.04. The SMILES string of the molecule is Cn1ccc(-c2nc(N)c(C(=O)NC(C)(C)c3ccc(F)cn3)nc2-c2ccc3ncccc3c2)n1. The molecule has 9 nitrogen and oxygen atoms in total. The van der Waals surface area contributed by atoms with Crippen LogP contribution in [0.5, 0.6) is 0 Å². The highest BCUT2D eigenvalue weighted by Crippen LogP contribution is 2.32. The van der Waals surface area contributed by atoms with E-state index in [0.29, 0.717) is 22.8 Å². The summed E-state index contributed by atoms with van der Waals surface area (Å²) in [5, 5.41) is 8.25. The zero-order chi connectivity index (χ0) is 25.4. The van der Waals surface area contributed by atoms with Crippen molar-refractivity contribution in [3.05, 3.63) is 84.3 Å². The second kappa shape index (κ2) is 8.81. The van der Waals surface area contributed by atoms with Gasteiger partial charge in [0.2, 0.25) is 0 Å². The van der Waals surface area contributed by atoms with Crippen LogP contribution in [0, 0.1) is 5.82 Å². The van der Waals surface area contributed by atoms with E-state index in [2.05, 4.69) is 30.4 Å². The largest absolute Gasteiger partial charge is 0.382 e. The molecule has 4 heterocycles. The van der Waals surface area contributed by atoms with Gasteiger partial charge in [-0.15, -0.1) is 0 Å². The summed E-state index contributed by atoms with van der Waals surface area (Å²) >= 11 is 0. The van der Waals surface area contributed by atoms with Gasteiger partial charge < -0.3 is 11.1 Å². The molecule has 0 spiro atoms. The second-order valence-corrected chi connectivity index (χ2v) is 8.88. The number of benzene rings is 1. The van der Waals surface area contributed by atoms with Crippen LogP contribution in [-0.2, 0) is 12.6 Å². The lowest BCUT2D eigenvalue weighted by molar-refractivity contribution is 0.0906. The van der Waals surface area contributed by atoms with Crippen LogP contribution < -0.4 is 11.1 Å². The van der Waals surface area contributed by atoms with Crippen molar-refractivity contribution in [1.29, 1.82) is 0 Å².